The highest BCUT2D eigenvalue weighted by molar-refractivity contribution is 6.04. The fourth-order valence-corrected chi connectivity index (χ4v) is 3.23. The molecule has 2 heterocycles. The number of H-pyrrole nitrogens is 1. The summed E-state index contributed by atoms with van der Waals surface area (Å²) in [7, 11) is 3.26. The van der Waals surface area contributed by atoms with E-state index in [-0.39, 0.29) is 18.1 Å². The molecule has 3 N–H and O–H groups in total. The molecule has 3 rings (SSSR count). The number of rotatable bonds is 5. The van der Waals surface area contributed by atoms with Gasteiger partial charge < -0.3 is 10.6 Å². The summed E-state index contributed by atoms with van der Waals surface area (Å²) in [5.74, 6) is -0.537. The average Bonchev–Trinajstić information content (AvgIpc) is 2.95. The van der Waals surface area contributed by atoms with Crippen molar-refractivity contribution in [2.75, 3.05) is 17.7 Å². The van der Waals surface area contributed by atoms with E-state index in [1.165, 1.54) is 17.7 Å². The molecule has 3 aromatic rings. The number of aryl methyl sites for hydroxylation is 2. The van der Waals surface area contributed by atoms with Crippen molar-refractivity contribution >= 4 is 23.5 Å². The van der Waals surface area contributed by atoms with Crippen molar-refractivity contribution in [1.82, 2.24) is 19.3 Å². The number of likely N-dealkylation sites (N-methyl/N-ethyl adjacent to an activating group) is 1. The molecule has 0 spiro atoms. The van der Waals surface area contributed by atoms with Crippen LogP contribution in [-0.2, 0) is 18.4 Å². The molecule has 0 saturated heterocycles. The lowest BCUT2D eigenvalue weighted by atomic mass is 10.2. The molecule has 0 aliphatic carbocycles. The molecule has 2 aromatic heterocycles. The van der Waals surface area contributed by atoms with Gasteiger partial charge in [0.2, 0.25) is 0 Å². The van der Waals surface area contributed by atoms with Crippen LogP contribution in [0, 0.1) is 13.8 Å². The molecule has 156 valence electrons. The number of nitrogens with two attached hydrogens (primary N) is 1. The maximum absolute atomic E-state index is 12.7. The normalized spacial score (nSPS) is 11.2. The Balaban J connectivity index is 1.95. The van der Waals surface area contributed by atoms with Crippen LogP contribution in [0.4, 0.5) is 11.5 Å². The minimum Gasteiger partial charge on any atom is -0.383 e. The number of hydrogen-bond donors (Lipinski definition) is 2. The molecule has 0 bridgehead atoms. The molecular weight excluding hydrogens is 384 g/mol. The molecule has 1 aromatic carbocycles. The molecule has 0 aliphatic heterocycles. The molecule has 30 heavy (non-hydrogen) atoms. The van der Waals surface area contributed by atoms with Crippen LogP contribution in [-0.4, -0.2) is 32.3 Å². The van der Waals surface area contributed by atoms with Crippen LogP contribution in [0.1, 0.15) is 22.5 Å². The SMILES string of the molecule is Cc1nn(C)c(C)c1/C=C/C(=O)N(C)c1c(N)n(Cc2ccccc2)c(=O)[nH]c1=O. The number of carbonyl (C=O) groups is 1. The van der Waals surface area contributed by atoms with E-state index in [9.17, 15) is 14.4 Å². The number of anilines is 2. The quantitative estimate of drug-likeness (QED) is 0.615. The summed E-state index contributed by atoms with van der Waals surface area (Å²) in [5.41, 5.74) is 8.06. The van der Waals surface area contributed by atoms with E-state index < -0.39 is 17.2 Å². The number of nitrogens with zero attached hydrogens (tertiary/aromatic N) is 4. The zero-order valence-electron chi connectivity index (χ0n) is 17.3. The van der Waals surface area contributed by atoms with E-state index >= 15 is 0 Å². The first-order chi connectivity index (χ1) is 14.2. The number of amides is 1. The van der Waals surface area contributed by atoms with Gasteiger partial charge in [-0.1, -0.05) is 30.3 Å². The van der Waals surface area contributed by atoms with Crippen LogP contribution in [0.2, 0.25) is 0 Å². The highest BCUT2D eigenvalue weighted by atomic mass is 16.2. The molecule has 0 atom stereocenters. The molecule has 1 amide bonds. The molecule has 9 nitrogen and oxygen atoms in total. The average molecular weight is 408 g/mol. The first kappa shape index (κ1) is 20.8. The van der Waals surface area contributed by atoms with E-state index in [0.29, 0.717) is 0 Å². The second-order valence-corrected chi connectivity index (χ2v) is 7.00. The molecule has 0 aliphatic rings. The van der Waals surface area contributed by atoms with Gasteiger partial charge in [0.25, 0.3) is 11.5 Å². The monoisotopic (exact) mass is 408 g/mol. The van der Waals surface area contributed by atoms with Gasteiger partial charge >= 0.3 is 5.69 Å². The van der Waals surface area contributed by atoms with E-state index in [2.05, 4.69) is 10.1 Å². The van der Waals surface area contributed by atoms with Crippen LogP contribution in [0.15, 0.2) is 46.0 Å². The molecular formula is C21H24N6O3. The van der Waals surface area contributed by atoms with E-state index in [0.717, 1.165) is 27.4 Å². The van der Waals surface area contributed by atoms with Crippen LogP contribution >= 0.6 is 0 Å². The van der Waals surface area contributed by atoms with Gasteiger partial charge in [-0.25, -0.2) is 4.79 Å². The summed E-state index contributed by atoms with van der Waals surface area (Å²) in [4.78, 5) is 40.8. The lowest BCUT2D eigenvalue weighted by Gasteiger charge is -2.19. The van der Waals surface area contributed by atoms with Crippen LogP contribution in [0.3, 0.4) is 0 Å². The number of aromatic amines is 1. The highest BCUT2D eigenvalue weighted by Crippen LogP contribution is 2.18. The second-order valence-electron chi connectivity index (χ2n) is 7.00. The molecule has 0 unspecified atom stereocenters. The predicted octanol–water partition coefficient (Wildman–Crippen LogP) is 1.19. The summed E-state index contributed by atoms with van der Waals surface area (Å²) in [6, 6.07) is 9.22. The number of hydrogen-bond acceptors (Lipinski definition) is 5. The number of nitrogens with one attached hydrogen (secondary N) is 1. The third-order valence-corrected chi connectivity index (χ3v) is 5.02. The van der Waals surface area contributed by atoms with Crippen molar-refractivity contribution in [2.24, 2.45) is 7.05 Å². The van der Waals surface area contributed by atoms with Crippen molar-refractivity contribution in [3.8, 4) is 0 Å². The largest absolute Gasteiger partial charge is 0.383 e. The van der Waals surface area contributed by atoms with Gasteiger partial charge in [-0.3, -0.25) is 23.8 Å². The van der Waals surface area contributed by atoms with Gasteiger partial charge in [0.15, 0.2) is 5.69 Å². The summed E-state index contributed by atoms with van der Waals surface area (Å²) in [5, 5.41) is 4.31. The lowest BCUT2D eigenvalue weighted by Crippen LogP contribution is -2.39. The molecule has 9 heteroatoms. The zero-order valence-corrected chi connectivity index (χ0v) is 17.3. The number of nitrogen functional groups attached to an aromatic ring is 1. The standard InChI is InChI=1S/C21H24N6O3/c1-13-16(14(2)26(4)24-13)10-11-17(28)25(3)18-19(22)27(21(30)23-20(18)29)12-15-8-6-5-7-9-15/h5-11H,12,22H2,1-4H3,(H,23,29,30)/b11-10+. The van der Waals surface area contributed by atoms with Crippen LogP contribution in [0.25, 0.3) is 6.08 Å². The Morgan fingerprint density at radius 3 is 2.50 bits per heavy atom. The van der Waals surface area contributed by atoms with Crippen molar-refractivity contribution in [3.05, 3.63) is 79.8 Å². The maximum Gasteiger partial charge on any atom is 0.330 e. The maximum atomic E-state index is 12.7. The van der Waals surface area contributed by atoms with E-state index in [4.69, 9.17) is 5.73 Å². The van der Waals surface area contributed by atoms with Crippen molar-refractivity contribution in [2.45, 2.75) is 20.4 Å². The Hall–Kier alpha value is -3.88. The Labute approximate surface area is 173 Å². The van der Waals surface area contributed by atoms with Gasteiger partial charge in [0, 0.05) is 31.4 Å². The third kappa shape index (κ3) is 3.95. The molecule has 0 fully saturated rings. The first-order valence-corrected chi connectivity index (χ1v) is 9.33. The Bertz CT molecular complexity index is 1230. The lowest BCUT2D eigenvalue weighted by molar-refractivity contribution is -0.113. The topological polar surface area (TPSA) is 119 Å². The number of carbonyl (C=O) groups excluding carboxylic acids is 1. The van der Waals surface area contributed by atoms with Gasteiger partial charge in [0.05, 0.1) is 12.2 Å². The van der Waals surface area contributed by atoms with E-state index in [1.54, 1.807) is 10.8 Å². The Kier molecular flexibility index (Phi) is 5.72. The Morgan fingerprint density at radius 1 is 1.23 bits per heavy atom. The molecule has 0 saturated carbocycles. The summed E-state index contributed by atoms with van der Waals surface area (Å²) in [6.45, 7) is 3.92. The first-order valence-electron chi connectivity index (χ1n) is 9.33. The Morgan fingerprint density at radius 2 is 1.90 bits per heavy atom. The zero-order chi connectivity index (χ0) is 22.0. The van der Waals surface area contributed by atoms with Gasteiger partial charge in [-0.2, -0.15) is 5.10 Å². The van der Waals surface area contributed by atoms with Crippen molar-refractivity contribution < 1.29 is 4.79 Å². The third-order valence-electron chi connectivity index (χ3n) is 5.02. The van der Waals surface area contributed by atoms with Crippen molar-refractivity contribution in [3.63, 3.8) is 0 Å². The summed E-state index contributed by atoms with van der Waals surface area (Å²) < 4.78 is 2.96. The fraction of sp³-hybridized carbons (Fsp3) is 0.238. The minimum absolute atomic E-state index is 0.0782. The van der Waals surface area contributed by atoms with Crippen LogP contribution < -0.4 is 21.9 Å². The highest BCUT2D eigenvalue weighted by Gasteiger charge is 2.20. The summed E-state index contributed by atoms with van der Waals surface area (Å²) in [6.07, 6.45) is 3.00. The van der Waals surface area contributed by atoms with Gasteiger partial charge in [-0.15, -0.1) is 0 Å². The van der Waals surface area contributed by atoms with Gasteiger partial charge in [-0.05, 0) is 25.5 Å². The van der Waals surface area contributed by atoms with Crippen LogP contribution in [0.5, 0.6) is 0 Å². The fourth-order valence-electron chi connectivity index (χ4n) is 3.23. The van der Waals surface area contributed by atoms with Crippen molar-refractivity contribution in [1.29, 1.82) is 0 Å². The van der Waals surface area contributed by atoms with Gasteiger partial charge in [0.1, 0.15) is 5.82 Å². The number of aromatic nitrogens is 4. The van der Waals surface area contributed by atoms with E-state index in [1.807, 2.05) is 51.2 Å². The smallest absolute Gasteiger partial charge is 0.330 e. The second kappa shape index (κ2) is 8.24. The predicted molar refractivity (Wildman–Crippen MR) is 116 cm³/mol. The number of benzene rings is 1. The summed E-state index contributed by atoms with van der Waals surface area (Å²) >= 11 is 0. The molecule has 0 radical (unpaired) electrons. The minimum atomic E-state index is -0.722.